The van der Waals surface area contributed by atoms with Crippen LogP contribution in [0, 0.1) is 0 Å². The van der Waals surface area contributed by atoms with Crippen LogP contribution in [0.4, 0.5) is 0 Å². The zero-order valence-electron chi connectivity index (χ0n) is 13.6. The highest BCUT2D eigenvalue weighted by molar-refractivity contribution is 8.26. The molecule has 1 aliphatic rings. The van der Waals surface area contributed by atoms with Crippen LogP contribution in [0.5, 0.6) is 0 Å². The molecule has 1 fully saturated rings. The molecule has 3 rings (SSSR count). The molecule has 1 aromatic heterocycles. The van der Waals surface area contributed by atoms with E-state index in [0.29, 0.717) is 21.4 Å². The topological polar surface area (TPSA) is 73.6 Å². The van der Waals surface area contributed by atoms with E-state index in [0.717, 1.165) is 22.2 Å². The number of carboxylic acids is 1. The van der Waals surface area contributed by atoms with Gasteiger partial charge in [0.25, 0.3) is 5.91 Å². The van der Waals surface area contributed by atoms with Crippen LogP contribution in [0.25, 0.3) is 17.4 Å². The number of thiocarbonyl (C=S) groups is 1. The number of aliphatic carboxylic acids is 1. The fourth-order valence-corrected chi connectivity index (χ4v) is 4.13. The maximum Gasteiger partial charge on any atom is 0.266 e. The Morgan fingerprint density at radius 2 is 2.12 bits per heavy atom. The van der Waals surface area contributed by atoms with Crippen molar-refractivity contribution >= 4 is 57.9 Å². The summed E-state index contributed by atoms with van der Waals surface area (Å²) in [5.74, 6) is -0.781. The second kappa shape index (κ2) is 7.65. The minimum absolute atomic E-state index is 0.190. The molecule has 2 heterocycles. The number of carbonyl (C=O) groups excluding carboxylic acids is 2. The molecule has 0 saturated carbocycles. The van der Waals surface area contributed by atoms with Gasteiger partial charge in [-0.25, -0.2) is 0 Å². The Morgan fingerprint density at radius 3 is 2.77 bits per heavy atom. The lowest BCUT2D eigenvalue weighted by Crippen LogP contribution is -2.49. The van der Waals surface area contributed by atoms with E-state index in [1.807, 2.05) is 18.2 Å². The first-order valence-corrected chi connectivity index (χ1v) is 9.35. The van der Waals surface area contributed by atoms with Gasteiger partial charge in [0.15, 0.2) is 0 Å². The molecule has 134 valence electrons. The lowest BCUT2D eigenvalue weighted by atomic mass is 10.2. The van der Waals surface area contributed by atoms with E-state index in [4.69, 9.17) is 28.2 Å². The lowest BCUT2D eigenvalue weighted by Gasteiger charge is -2.26. The Kier molecular flexibility index (Phi) is 5.50. The number of thioether (sulfide) groups is 1. The minimum Gasteiger partial charge on any atom is -0.548 e. The molecule has 0 spiro atoms. The van der Waals surface area contributed by atoms with Crippen molar-refractivity contribution in [2.75, 3.05) is 0 Å². The molecule has 0 bridgehead atoms. The fraction of sp³-hybridized carbons (Fsp3) is 0.167. The second-order valence-electron chi connectivity index (χ2n) is 5.48. The van der Waals surface area contributed by atoms with E-state index in [1.54, 1.807) is 31.2 Å². The van der Waals surface area contributed by atoms with E-state index >= 15 is 0 Å². The number of nitrogens with zero attached hydrogens (tertiary/aromatic N) is 1. The van der Waals surface area contributed by atoms with E-state index < -0.39 is 17.9 Å². The van der Waals surface area contributed by atoms with E-state index in [9.17, 15) is 14.7 Å². The molecule has 0 N–H and O–H groups in total. The molecule has 5 nitrogen and oxygen atoms in total. The molecule has 8 heteroatoms. The van der Waals surface area contributed by atoms with Crippen molar-refractivity contribution in [3.05, 3.63) is 52.1 Å². The number of amides is 1. The van der Waals surface area contributed by atoms with Gasteiger partial charge in [0.1, 0.15) is 15.8 Å². The Hall–Kier alpha value is -2.09. The molecule has 1 aliphatic heterocycles. The van der Waals surface area contributed by atoms with Crippen LogP contribution >= 0.6 is 35.6 Å². The summed E-state index contributed by atoms with van der Waals surface area (Å²) in [6, 6.07) is 9.64. The quantitative estimate of drug-likeness (QED) is 0.560. The number of hydrogen-bond acceptors (Lipinski definition) is 6. The molecule has 1 amide bonds. The van der Waals surface area contributed by atoms with Crippen LogP contribution in [0.15, 0.2) is 45.7 Å². The van der Waals surface area contributed by atoms with Crippen LogP contribution < -0.4 is 5.11 Å². The first-order chi connectivity index (χ1) is 12.4. The fourth-order valence-electron chi connectivity index (χ4n) is 2.57. The van der Waals surface area contributed by atoms with Crippen molar-refractivity contribution in [1.82, 2.24) is 4.90 Å². The van der Waals surface area contributed by atoms with Gasteiger partial charge in [-0.05, 0) is 30.7 Å². The highest BCUT2D eigenvalue weighted by atomic mass is 35.5. The first-order valence-electron chi connectivity index (χ1n) is 7.75. The van der Waals surface area contributed by atoms with Crippen molar-refractivity contribution in [2.24, 2.45) is 0 Å². The normalized spacial score (nSPS) is 17.2. The van der Waals surface area contributed by atoms with Crippen LogP contribution in [-0.2, 0) is 9.59 Å². The Balaban J connectivity index is 1.88. The summed E-state index contributed by atoms with van der Waals surface area (Å²) in [4.78, 5) is 25.2. The summed E-state index contributed by atoms with van der Waals surface area (Å²) in [5, 5.41) is 11.8. The first kappa shape index (κ1) is 18.7. The van der Waals surface area contributed by atoms with E-state index in [-0.39, 0.29) is 10.7 Å². The summed E-state index contributed by atoms with van der Waals surface area (Å²) < 4.78 is 5.94. The van der Waals surface area contributed by atoms with Crippen molar-refractivity contribution in [3.8, 4) is 11.3 Å². The number of benzene rings is 1. The Bertz CT molecular complexity index is 921. The molecule has 1 saturated heterocycles. The van der Waals surface area contributed by atoms with Crippen molar-refractivity contribution in [2.45, 2.75) is 19.4 Å². The average Bonchev–Trinajstić information content (AvgIpc) is 3.16. The molecule has 0 radical (unpaired) electrons. The SMILES string of the molecule is CC[C@@H](C(=O)[O-])N1C(=O)/C(=C\c2ccc(-c3ccccc3Cl)o2)SC1=S. The zero-order chi connectivity index (χ0) is 18.8. The number of carbonyl (C=O) groups is 2. The zero-order valence-corrected chi connectivity index (χ0v) is 16.0. The third-order valence-electron chi connectivity index (χ3n) is 3.83. The summed E-state index contributed by atoms with van der Waals surface area (Å²) in [6.45, 7) is 1.66. The number of carboxylic acid groups (broad SMARTS) is 1. The maximum absolute atomic E-state index is 12.6. The van der Waals surface area contributed by atoms with E-state index in [1.165, 1.54) is 0 Å². The van der Waals surface area contributed by atoms with Crippen LogP contribution in [0.2, 0.25) is 5.02 Å². The molecule has 1 aromatic carbocycles. The average molecular weight is 407 g/mol. The number of furan rings is 1. The number of halogens is 1. The van der Waals surface area contributed by atoms with Crippen molar-refractivity contribution in [1.29, 1.82) is 0 Å². The van der Waals surface area contributed by atoms with Crippen LogP contribution in [-0.4, -0.2) is 27.1 Å². The van der Waals surface area contributed by atoms with Gasteiger partial charge in [-0.3, -0.25) is 9.69 Å². The largest absolute Gasteiger partial charge is 0.548 e. The van der Waals surface area contributed by atoms with Crippen LogP contribution in [0.1, 0.15) is 19.1 Å². The third kappa shape index (κ3) is 3.56. The van der Waals surface area contributed by atoms with Crippen molar-refractivity contribution < 1.29 is 19.1 Å². The lowest BCUT2D eigenvalue weighted by molar-refractivity contribution is -0.310. The maximum atomic E-state index is 12.6. The van der Waals surface area contributed by atoms with Gasteiger partial charge in [0.05, 0.1) is 21.9 Å². The number of rotatable bonds is 5. The Labute approximate surface area is 164 Å². The van der Waals surface area contributed by atoms with Gasteiger partial charge in [-0.1, -0.05) is 54.6 Å². The van der Waals surface area contributed by atoms with Gasteiger partial charge in [0.2, 0.25) is 0 Å². The minimum atomic E-state index is -1.33. The molecule has 0 aliphatic carbocycles. The van der Waals surface area contributed by atoms with Gasteiger partial charge in [0, 0.05) is 11.6 Å². The van der Waals surface area contributed by atoms with Gasteiger partial charge < -0.3 is 14.3 Å². The smallest absolute Gasteiger partial charge is 0.266 e. The standard InChI is InChI=1S/C18H14ClNO4S2/c1-2-13(17(22)23)20-16(21)15(26-18(20)25)9-10-7-8-14(24-10)11-5-3-4-6-12(11)19/h3-9,13H,2H2,1H3,(H,22,23)/p-1/b15-9+/t13-/m0/s1. The highest BCUT2D eigenvalue weighted by Crippen LogP contribution is 2.36. The predicted molar refractivity (Wildman–Crippen MR) is 103 cm³/mol. The van der Waals surface area contributed by atoms with Crippen LogP contribution in [0.3, 0.4) is 0 Å². The van der Waals surface area contributed by atoms with Gasteiger partial charge in [-0.2, -0.15) is 0 Å². The molecule has 0 unspecified atom stereocenters. The molecular weight excluding hydrogens is 394 g/mol. The number of hydrogen-bond donors (Lipinski definition) is 0. The van der Waals surface area contributed by atoms with Crippen molar-refractivity contribution in [3.63, 3.8) is 0 Å². The van der Waals surface area contributed by atoms with Gasteiger partial charge >= 0.3 is 0 Å². The third-order valence-corrected chi connectivity index (χ3v) is 5.49. The second-order valence-corrected chi connectivity index (χ2v) is 7.56. The molecule has 2 aromatic rings. The highest BCUT2D eigenvalue weighted by Gasteiger charge is 2.37. The summed E-state index contributed by atoms with van der Waals surface area (Å²) in [6.07, 6.45) is 1.75. The Morgan fingerprint density at radius 1 is 1.38 bits per heavy atom. The monoisotopic (exact) mass is 406 g/mol. The summed E-state index contributed by atoms with van der Waals surface area (Å²) >= 11 is 12.4. The predicted octanol–water partition coefficient (Wildman–Crippen LogP) is 3.33. The molecule has 26 heavy (non-hydrogen) atoms. The molecular formula is C18H13ClNO4S2-. The van der Waals surface area contributed by atoms with E-state index in [2.05, 4.69) is 0 Å². The summed E-state index contributed by atoms with van der Waals surface area (Å²) in [7, 11) is 0. The summed E-state index contributed by atoms with van der Waals surface area (Å²) in [5.41, 5.74) is 0.740. The molecule has 1 atom stereocenters. The van der Waals surface area contributed by atoms with Gasteiger partial charge in [-0.15, -0.1) is 0 Å².